The molecule has 0 bridgehead atoms. The summed E-state index contributed by atoms with van der Waals surface area (Å²) < 4.78 is 153. The summed E-state index contributed by atoms with van der Waals surface area (Å²) in [4.78, 5) is 78.8. The average Bonchev–Trinajstić information content (AvgIpc) is 0.772. The van der Waals surface area contributed by atoms with Crippen molar-refractivity contribution in [2.45, 2.75) is 259 Å². The third-order valence-electron chi connectivity index (χ3n) is 22.6. The van der Waals surface area contributed by atoms with Crippen LogP contribution < -0.4 is 0 Å². The molecule has 35 atom stereocenters. The minimum absolute atomic E-state index is 0.00502. The van der Waals surface area contributed by atoms with Gasteiger partial charge < -0.3 is 114 Å². The van der Waals surface area contributed by atoms with Gasteiger partial charge >= 0.3 is 35.8 Å². The lowest BCUT2D eigenvalue weighted by Crippen LogP contribution is -2.64. The number of esters is 6. The van der Waals surface area contributed by atoms with E-state index in [9.17, 15) is 34.3 Å². The van der Waals surface area contributed by atoms with Crippen LogP contribution in [0.2, 0.25) is 0 Å². The van der Waals surface area contributed by atoms with Gasteiger partial charge in [-0.25, -0.2) is 4.79 Å². The second kappa shape index (κ2) is 40.9. The van der Waals surface area contributed by atoms with Crippen LogP contribution in [0.5, 0.6) is 0 Å². The number of azide groups is 1. The summed E-state index contributed by atoms with van der Waals surface area (Å²) in [6.45, 7) is 27.0. The lowest BCUT2D eigenvalue weighted by Gasteiger charge is -2.52. The first-order valence-corrected chi connectivity index (χ1v) is 37.4. The molecule has 33 heteroatoms. The number of carbonyl (C=O) groups excluding carboxylic acids is 6. The van der Waals surface area contributed by atoms with E-state index in [-0.39, 0.29) is 75.8 Å². The van der Waals surface area contributed by atoms with Crippen LogP contribution in [0.1, 0.15) is 121 Å². The van der Waals surface area contributed by atoms with Gasteiger partial charge in [-0.3, -0.25) is 24.0 Å². The Morgan fingerprint density at radius 3 is 1.03 bits per heavy atom. The molecule has 33 nitrogen and oxygen atoms in total. The van der Waals surface area contributed by atoms with Gasteiger partial charge in [-0.2, -0.15) is 0 Å². The average molecular weight is 1540 g/mol. The van der Waals surface area contributed by atoms with Gasteiger partial charge in [-0.15, -0.1) is 0 Å². The Bertz CT molecular complexity index is 3080. The van der Waals surface area contributed by atoms with E-state index in [0.717, 1.165) is 0 Å². The highest BCUT2D eigenvalue weighted by Crippen LogP contribution is 2.46. The van der Waals surface area contributed by atoms with Gasteiger partial charge in [0.05, 0.1) is 68.1 Å². The zero-order chi connectivity index (χ0) is 79.1. The predicted molar refractivity (Wildman–Crippen MR) is 375 cm³/mol. The molecule has 7 aliphatic heterocycles. The number of nitrogens with zero attached hydrogens (tertiary/aromatic N) is 3. The summed E-state index contributed by atoms with van der Waals surface area (Å²) in [5, 5.41) is 3.91. The molecule has 0 aromatic heterocycles. The molecule has 0 radical (unpaired) electrons. The zero-order valence-electron chi connectivity index (χ0n) is 66.1. The summed E-state index contributed by atoms with van der Waals surface area (Å²) in [5.41, 5.74) is 9.88. The van der Waals surface area contributed by atoms with Crippen LogP contribution in [0.3, 0.4) is 0 Å². The van der Waals surface area contributed by atoms with Gasteiger partial charge in [-0.05, 0) is 47.3 Å². The number of benzene rings is 1. The third kappa shape index (κ3) is 21.7. The van der Waals surface area contributed by atoms with E-state index in [2.05, 4.69) is 16.9 Å². The van der Waals surface area contributed by atoms with Crippen LogP contribution >= 0.6 is 0 Å². The summed E-state index contributed by atoms with van der Waals surface area (Å²) in [7, 11) is 7.71. The van der Waals surface area contributed by atoms with Crippen molar-refractivity contribution in [1.82, 2.24) is 0 Å². The molecular formula is C75H117N3O30. The molecule has 7 fully saturated rings. The van der Waals surface area contributed by atoms with Crippen LogP contribution in [0, 0.1) is 65.1 Å². The maximum atomic E-state index is 13.8. The molecule has 108 heavy (non-hydrogen) atoms. The molecule has 1 aromatic rings. The largest absolute Gasteiger partial charge is 0.463 e. The first kappa shape index (κ1) is 88.2. The van der Waals surface area contributed by atoms with Gasteiger partial charge in [0.1, 0.15) is 81.3 Å². The SMILES string of the molecule is COCC1O[C@@H](O[C@H]2C(C)C(C)[C@@H](O[C@H]3C(C)C(OC)[C@H](O[C@@H]4C(COC(C)=O)OC(OC(C)=O)C(N=[N+]=[N-])[C@H]4C)O[C@H]3COC)O[C@H]2COC)C(OC)[C@@H](C)[C@@H]1O[C@@H]1OC(COC(=O)c2ccccc2)[C@@H](O[C@@H]2O[C@@H](COC(C)=O)[C@@H](O[C@H]3O[C@@H](COC(C)=O)[C@@H](C)C(C)C3C)C(C)C2OC(C)=O)[C@H](C)C1C. The first-order chi connectivity index (χ1) is 51.4. The highest BCUT2D eigenvalue weighted by atomic mass is 16.8. The van der Waals surface area contributed by atoms with Crippen molar-refractivity contribution < 1.29 is 142 Å². The van der Waals surface area contributed by atoms with Crippen molar-refractivity contribution in [3.05, 3.63) is 46.3 Å². The fourth-order valence-corrected chi connectivity index (χ4v) is 15.8. The molecule has 1 aromatic carbocycles. The normalized spacial score (nSPS) is 41.4. The quantitative estimate of drug-likeness (QED) is 0.0229. The highest BCUT2D eigenvalue weighted by Gasteiger charge is 2.58. The standard InChI is InChI=1S/C75H117N3O30/c1-34-35(2)51(30-90-45(12)79)96-69(38(34)5)105-64-44(11)67(94-48(15)82)75(102-56(64)32-92-47(14)81)107-60-37(4)40(7)71(98-57(60)33-93-68(84)50-25-23-22-24-26-50)104-63-42(9)65(88-20)73(100-53(63)28-86-18)106-59-36(3)39(6)70(97-52(59)27-85-17)103-62-43(10)66(89-21)74(101-54(62)29-87-19)108-61-41(8)58(77-78-76)72(95-49(16)83)99-55(61)31-91-46(13)80/h22-26,34-44,51-67,69-75H,27-33H2,1-21H3/t34?,35-,36?,37+,38?,39?,40?,41+,42-,43?,44?,51-,52-,53?,54-,55?,56-,57?,58?,59-,60-,61-,62-,63-,64-,65?,66?,67?,69+,70+,71-,72?,73-,74-,75-/m0/s1. The minimum Gasteiger partial charge on any atom is -0.463 e. The van der Waals surface area contributed by atoms with E-state index in [0.29, 0.717) is 5.56 Å². The van der Waals surface area contributed by atoms with Gasteiger partial charge in [0, 0.05) is 111 Å². The smallest absolute Gasteiger partial charge is 0.338 e. The molecular weight excluding hydrogens is 1420 g/mol. The number of hydrogen-bond donors (Lipinski definition) is 0. The molecule has 0 saturated carbocycles. The summed E-state index contributed by atoms with van der Waals surface area (Å²) in [6, 6.07) is 7.44. The van der Waals surface area contributed by atoms with Crippen LogP contribution in [-0.4, -0.2) is 265 Å². The Hall–Kier alpha value is -5.37. The van der Waals surface area contributed by atoms with E-state index in [1.54, 1.807) is 58.6 Å². The van der Waals surface area contributed by atoms with Crippen LogP contribution in [0.4, 0.5) is 0 Å². The van der Waals surface area contributed by atoms with E-state index in [1.807, 2.05) is 62.3 Å². The number of ether oxygens (including phenoxy) is 24. The second-order valence-corrected chi connectivity index (χ2v) is 29.9. The topological polar surface area (TPSA) is 373 Å². The molecule has 0 aliphatic carbocycles. The van der Waals surface area contributed by atoms with Gasteiger partial charge in [-0.1, -0.05) is 99.5 Å². The Morgan fingerprint density at radius 1 is 0.333 bits per heavy atom. The molecule has 612 valence electrons. The third-order valence-corrected chi connectivity index (χ3v) is 22.6. The predicted octanol–water partition coefficient (Wildman–Crippen LogP) is 7.06. The van der Waals surface area contributed by atoms with Crippen LogP contribution in [-0.2, 0) is 138 Å². The molecule has 7 saturated heterocycles. The van der Waals surface area contributed by atoms with E-state index in [1.165, 1.54) is 48.8 Å². The highest BCUT2D eigenvalue weighted by molar-refractivity contribution is 5.89. The van der Waals surface area contributed by atoms with E-state index >= 15 is 0 Å². The lowest BCUT2D eigenvalue weighted by molar-refractivity contribution is -0.382. The number of hydrogen-bond acceptors (Lipinski definition) is 31. The van der Waals surface area contributed by atoms with Crippen molar-refractivity contribution in [1.29, 1.82) is 0 Å². The summed E-state index contributed by atoms with van der Waals surface area (Å²) >= 11 is 0. The van der Waals surface area contributed by atoms with Gasteiger partial charge in [0.25, 0.3) is 0 Å². The van der Waals surface area contributed by atoms with Crippen LogP contribution in [0.25, 0.3) is 10.4 Å². The first-order valence-electron chi connectivity index (χ1n) is 37.4. The fraction of sp³-hybridized carbons (Fsp3) is 0.840. The van der Waals surface area contributed by atoms with Crippen molar-refractivity contribution in [3.63, 3.8) is 0 Å². The molecule has 0 N–H and O–H groups in total. The number of rotatable bonds is 32. The Balaban J connectivity index is 0.998. The van der Waals surface area contributed by atoms with Gasteiger partial charge in [0.15, 0.2) is 43.8 Å². The minimum atomic E-state index is -1.33. The number of carbonyl (C=O) groups is 6. The van der Waals surface area contributed by atoms with Crippen molar-refractivity contribution in [3.8, 4) is 0 Å². The molecule has 7 heterocycles. The van der Waals surface area contributed by atoms with E-state index in [4.69, 9.17) is 114 Å². The zero-order valence-corrected chi connectivity index (χ0v) is 66.1. The molecule has 15 unspecified atom stereocenters. The fourth-order valence-electron chi connectivity index (χ4n) is 15.8. The Kier molecular flexibility index (Phi) is 33.4. The Labute approximate surface area is 632 Å². The summed E-state index contributed by atoms with van der Waals surface area (Å²) in [5.74, 6) is -7.64. The lowest BCUT2D eigenvalue weighted by atomic mass is 9.79. The molecule has 8 rings (SSSR count). The molecule has 7 aliphatic rings. The maximum Gasteiger partial charge on any atom is 0.338 e. The van der Waals surface area contributed by atoms with Crippen molar-refractivity contribution in [2.24, 2.45) is 70.2 Å². The molecule has 0 spiro atoms. The van der Waals surface area contributed by atoms with Crippen molar-refractivity contribution >= 4 is 35.8 Å². The second-order valence-electron chi connectivity index (χ2n) is 29.9. The van der Waals surface area contributed by atoms with Crippen molar-refractivity contribution in [2.75, 3.05) is 81.8 Å². The molecule has 0 amide bonds. The summed E-state index contributed by atoms with van der Waals surface area (Å²) in [6.07, 6.45) is -21.1. The Morgan fingerprint density at radius 2 is 0.648 bits per heavy atom. The van der Waals surface area contributed by atoms with Crippen LogP contribution in [0.15, 0.2) is 35.4 Å². The monoisotopic (exact) mass is 1540 g/mol. The number of methoxy groups -OCH3 is 5. The van der Waals surface area contributed by atoms with E-state index < -0.39 is 219 Å². The van der Waals surface area contributed by atoms with Gasteiger partial charge in [0.2, 0.25) is 6.29 Å². The maximum absolute atomic E-state index is 13.8.